The first-order chi connectivity index (χ1) is 16.0. The number of carbonyl (C=O) groups is 2. The zero-order valence-electron chi connectivity index (χ0n) is 19.0. The summed E-state index contributed by atoms with van der Waals surface area (Å²) in [6.07, 6.45) is 0.926. The van der Waals surface area contributed by atoms with Gasteiger partial charge in [-0.25, -0.2) is 0 Å². The summed E-state index contributed by atoms with van der Waals surface area (Å²) in [6, 6.07) is 24.0. The van der Waals surface area contributed by atoms with Gasteiger partial charge >= 0.3 is 0 Å². The Balaban J connectivity index is 1.65. The molecule has 5 nitrogen and oxygen atoms in total. The van der Waals surface area contributed by atoms with E-state index in [1.54, 1.807) is 31.1 Å². The summed E-state index contributed by atoms with van der Waals surface area (Å²) in [4.78, 5) is 27.7. The predicted octanol–water partition coefficient (Wildman–Crippen LogP) is 4.67. The summed E-state index contributed by atoms with van der Waals surface area (Å²) in [5.41, 5.74) is 2.93. The topological polar surface area (TPSA) is 58.6 Å². The molecule has 0 bridgehead atoms. The number of nitrogens with zero attached hydrogens (tertiary/aromatic N) is 1. The maximum absolute atomic E-state index is 13.2. The Morgan fingerprint density at radius 1 is 0.909 bits per heavy atom. The van der Waals surface area contributed by atoms with E-state index in [0.717, 1.165) is 22.4 Å². The van der Waals surface area contributed by atoms with Crippen LogP contribution in [-0.2, 0) is 29.0 Å². The number of benzene rings is 3. The van der Waals surface area contributed by atoms with Crippen LogP contribution in [0.4, 0.5) is 0 Å². The molecule has 0 unspecified atom stereocenters. The number of methoxy groups -OCH3 is 1. The van der Waals surface area contributed by atoms with Crippen LogP contribution in [0.1, 0.15) is 23.6 Å². The molecule has 0 fully saturated rings. The average Bonchev–Trinajstić information content (AvgIpc) is 2.84. The molecule has 0 aromatic heterocycles. The highest BCUT2D eigenvalue weighted by Gasteiger charge is 2.26. The Bertz CT molecular complexity index is 1040. The van der Waals surface area contributed by atoms with Gasteiger partial charge in [0.05, 0.1) is 13.5 Å². The van der Waals surface area contributed by atoms with Gasteiger partial charge in [-0.1, -0.05) is 66.2 Å². The molecule has 1 N–H and O–H groups in total. The normalized spacial score (nSPS) is 11.5. The molecule has 1 atom stereocenters. The van der Waals surface area contributed by atoms with Gasteiger partial charge in [0.2, 0.25) is 11.8 Å². The van der Waals surface area contributed by atoms with E-state index >= 15 is 0 Å². The van der Waals surface area contributed by atoms with Crippen LogP contribution < -0.4 is 10.1 Å². The molecule has 0 aliphatic rings. The number of carbonyl (C=O) groups excluding carboxylic acids is 2. The van der Waals surface area contributed by atoms with Gasteiger partial charge in [0.1, 0.15) is 11.8 Å². The Hall–Kier alpha value is -3.31. The smallest absolute Gasteiger partial charge is 0.242 e. The number of rotatable bonds is 10. The molecular formula is C27H29ClN2O3. The second-order valence-corrected chi connectivity index (χ2v) is 8.31. The lowest BCUT2D eigenvalue weighted by Crippen LogP contribution is -2.48. The summed E-state index contributed by atoms with van der Waals surface area (Å²) in [6.45, 7) is 2.58. The van der Waals surface area contributed by atoms with E-state index in [9.17, 15) is 9.59 Å². The number of nitrogens with one attached hydrogen (secondary N) is 1. The Morgan fingerprint density at radius 3 is 2.18 bits per heavy atom. The van der Waals surface area contributed by atoms with Crippen molar-refractivity contribution in [2.45, 2.75) is 32.4 Å². The maximum Gasteiger partial charge on any atom is 0.242 e. The van der Waals surface area contributed by atoms with Crippen molar-refractivity contribution < 1.29 is 14.3 Å². The molecule has 0 spiro atoms. The fourth-order valence-corrected chi connectivity index (χ4v) is 3.64. The van der Waals surface area contributed by atoms with Gasteiger partial charge < -0.3 is 15.0 Å². The van der Waals surface area contributed by atoms with E-state index < -0.39 is 6.04 Å². The molecule has 0 aliphatic carbocycles. The first-order valence-corrected chi connectivity index (χ1v) is 11.3. The van der Waals surface area contributed by atoms with Crippen molar-refractivity contribution in [1.82, 2.24) is 10.2 Å². The van der Waals surface area contributed by atoms with Gasteiger partial charge in [0.15, 0.2) is 0 Å². The fourth-order valence-electron chi connectivity index (χ4n) is 3.51. The van der Waals surface area contributed by atoms with Gasteiger partial charge in [-0.05, 0) is 54.3 Å². The van der Waals surface area contributed by atoms with E-state index in [4.69, 9.17) is 16.3 Å². The largest absolute Gasteiger partial charge is 0.497 e. The van der Waals surface area contributed by atoms with E-state index in [2.05, 4.69) is 5.32 Å². The maximum atomic E-state index is 13.2. The van der Waals surface area contributed by atoms with Crippen molar-refractivity contribution in [3.8, 4) is 5.75 Å². The fraction of sp³-hybridized carbons (Fsp3) is 0.259. The summed E-state index contributed by atoms with van der Waals surface area (Å²) < 4.78 is 5.18. The predicted molar refractivity (Wildman–Crippen MR) is 131 cm³/mol. The molecule has 0 heterocycles. The minimum absolute atomic E-state index is 0.103. The van der Waals surface area contributed by atoms with Crippen LogP contribution in [-0.4, -0.2) is 36.4 Å². The minimum Gasteiger partial charge on any atom is -0.497 e. The van der Waals surface area contributed by atoms with Crippen LogP contribution in [0.2, 0.25) is 5.02 Å². The Morgan fingerprint density at radius 2 is 1.55 bits per heavy atom. The number of amides is 2. The molecule has 33 heavy (non-hydrogen) atoms. The molecular weight excluding hydrogens is 436 g/mol. The number of halogens is 1. The highest BCUT2D eigenvalue weighted by atomic mass is 35.5. The van der Waals surface area contributed by atoms with E-state index in [0.29, 0.717) is 24.5 Å². The SMILES string of the molecule is COc1ccc(CCNC(=O)[C@H](C)N(Cc2ccc(Cl)cc2)C(=O)Cc2ccccc2)cc1. The third-order valence-corrected chi connectivity index (χ3v) is 5.76. The standard InChI is InChI=1S/C27H29ClN2O3/c1-20(27(32)29-17-16-21-10-14-25(33-2)15-11-21)30(19-23-8-12-24(28)13-9-23)26(31)18-22-6-4-3-5-7-22/h3-15,20H,16-19H2,1-2H3,(H,29,32)/t20-/m0/s1. The van der Waals surface area contributed by atoms with Crippen LogP contribution in [0.25, 0.3) is 0 Å². The molecule has 3 aromatic carbocycles. The van der Waals surface area contributed by atoms with E-state index in [1.807, 2.05) is 66.7 Å². The van der Waals surface area contributed by atoms with Crippen molar-refractivity contribution in [3.05, 3.63) is 101 Å². The van der Waals surface area contributed by atoms with Crippen molar-refractivity contribution in [2.24, 2.45) is 0 Å². The first kappa shape index (κ1) is 24.3. The molecule has 3 rings (SSSR count). The molecule has 3 aromatic rings. The number of ether oxygens (including phenoxy) is 1. The molecule has 2 amide bonds. The lowest BCUT2D eigenvalue weighted by molar-refractivity contribution is -0.140. The Kier molecular flexibility index (Phi) is 8.90. The number of hydrogen-bond donors (Lipinski definition) is 1. The monoisotopic (exact) mass is 464 g/mol. The Labute approximate surface area is 200 Å². The van der Waals surface area contributed by atoms with Crippen molar-refractivity contribution in [3.63, 3.8) is 0 Å². The first-order valence-electron chi connectivity index (χ1n) is 10.9. The van der Waals surface area contributed by atoms with Crippen LogP contribution in [0, 0.1) is 0 Å². The van der Waals surface area contributed by atoms with Gasteiger partial charge in [-0.3, -0.25) is 9.59 Å². The average molecular weight is 465 g/mol. The third-order valence-electron chi connectivity index (χ3n) is 5.50. The van der Waals surface area contributed by atoms with Crippen LogP contribution >= 0.6 is 11.6 Å². The second kappa shape index (κ2) is 12.1. The number of hydrogen-bond acceptors (Lipinski definition) is 3. The van der Waals surface area contributed by atoms with E-state index in [-0.39, 0.29) is 18.2 Å². The van der Waals surface area contributed by atoms with Gasteiger partial charge in [-0.15, -0.1) is 0 Å². The lowest BCUT2D eigenvalue weighted by Gasteiger charge is -2.29. The van der Waals surface area contributed by atoms with Crippen molar-refractivity contribution in [1.29, 1.82) is 0 Å². The zero-order chi connectivity index (χ0) is 23.6. The minimum atomic E-state index is -0.618. The molecule has 0 saturated heterocycles. The highest BCUT2D eigenvalue weighted by molar-refractivity contribution is 6.30. The molecule has 6 heteroatoms. The third kappa shape index (κ3) is 7.36. The quantitative estimate of drug-likeness (QED) is 0.474. The summed E-state index contributed by atoms with van der Waals surface area (Å²) in [5.74, 6) is 0.513. The van der Waals surface area contributed by atoms with Crippen molar-refractivity contribution in [2.75, 3.05) is 13.7 Å². The highest BCUT2D eigenvalue weighted by Crippen LogP contribution is 2.16. The van der Waals surface area contributed by atoms with Gasteiger partial charge in [0.25, 0.3) is 0 Å². The molecule has 0 aliphatic heterocycles. The van der Waals surface area contributed by atoms with Crippen molar-refractivity contribution >= 4 is 23.4 Å². The zero-order valence-corrected chi connectivity index (χ0v) is 19.7. The molecule has 0 saturated carbocycles. The summed E-state index contributed by atoms with van der Waals surface area (Å²) in [5, 5.41) is 3.60. The van der Waals surface area contributed by atoms with Crippen LogP contribution in [0.3, 0.4) is 0 Å². The molecule has 0 radical (unpaired) electrons. The van der Waals surface area contributed by atoms with Gasteiger partial charge in [0, 0.05) is 18.1 Å². The van der Waals surface area contributed by atoms with E-state index in [1.165, 1.54) is 0 Å². The molecule has 172 valence electrons. The second-order valence-electron chi connectivity index (χ2n) is 7.88. The van der Waals surface area contributed by atoms with Crippen LogP contribution in [0.5, 0.6) is 5.75 Å². The summed E-state index contributed by atoms with van der Waals surface area (Å²) >= 11 is 6.00. The summed E-state index contributed by atoms with van der Waals surface area (Å²) in [7, 11) is 1.63. The lowest BCUT2D eigenvalue weighted by atomic mass is 10.1. The van der Waals surface area contributed by atoms with Gasteiger partial charge in [-0.2, -0.15) is 0 Å². The van der Waals surface area contributed by atoms with Crippen LogP contribution in [0.15, 0.2) is 78.9 Å².